The topological polar surface area (TPSA) is 36.6 Å². The SMILES string of the molecule is OC1(c2coc3ccccc23)CN(C(c2ccccc2)c2ccccc2)C1. The Kier molecular flexibility index (Phi) is 3.85. The minimum atomic E-state index is -0.881. The fourth-order valence-electron chi connectivity index (χ4n) is 4.20. The number of rotatable bonds is 4. The molecule has 2 heterocycles. The number of likely N-dealkylation sites (tertiary alicyclic amines) is 1. The van der Waals surface area contributed by atoms with E-state index in [1.54, 1.807) is 6.26 Å². The second-order valence-corrected chi connectivity index (χ2v) is 7.31. The number of hydrogen-bond acceptors (Lipinski definition) is 3. The van der Waals surface area contributed by atoms with Crippen molar-refractivity contribution in [2.75, 3.05) is 13.1 Å². The zero-order chi connectivity index (χ0) is 18.3. The van der Waals surface area contributed by atoms with Gasteiger partial charge in [-0.25, -0.2) is 0 Å². The summed E-state index contributed by atoms with van der Waals surface area (Å²) in [5.74, 6) is 0. The van der Waals surface area contributed by atoms with Crippen molar-refractivity contribution in [2.24, 2.45) is 0 Å². The molecule has 1 aliphatic heterocycles. The van der Waals surface area contributed by atoms with E-state index in [1.165, 1.54) is 11.1 Å². The summed E-state index contributed by atoms with van der Waals surface area (Å²) in [6.07, 6.45) is 1.71. The maximum atomic E-state index is 11.3. The third kappa shape index (κ3) is 2.76. The van der Waals surface area contributed by atoms with Crippen molar-refractivity contribution < 1.29 is 9.52 Å². The second kappa shape index (κ2) is 6.38. The standard InChI is InChI=1S/C24H21NO2/c26-24(21-15-27-22-14-8-7-13-20(21)22)16-25(17-24)23(18-9-3-1-4-10-18)19-11-5-2-6-12-19/h1-15,23,26H,16-17H2. The quantitative estimate of drug-likeness (QED) is 0.575. The van der Waals surface area contributed by atoms with E-state index in [-0.39, 0.29) is 6.04 Å². The molecule has 1 N–H and O–H groups in total. The van der Waals surface area contributed by atoms with Gasteiger partial charge in [-0.2, -0.15) is 0 Å². The lowest BCUT2D eigenvalue weighted by Crippen LogP contribution is -2.60. The number of hydrogen-bond donors (Lipinski definition) is 1. The molecule has 1 aliphatic rings. The van der Waals surface area contributed by atoms with E-state index in [0.29, 0.717) is 13.1 Å². The molecule has 0 spiro atoms. The van der Waals surface area contributed by atoms with Crippen molar-refractivity contribution in [3.05, 3.63) is 108 Å². The molecule has 0 atom stereocenters. The smallest absolute Gasteiger partial charge is 0.134 e. The van der Waals surface area contributed by atoms with Gasteiger partial charge in [0.25, 0.3) is 0 Å². The van der Waals surface area contributed by atoms with Gasteiger partial charge in [0.2, 0.25) is 0 Å². The number of aliphatic hydroxyl groups is 1. The lowest BCUT2D eigenvalue weighted by atomic mass is 9.82. The van der Waals surface area contributed by atoms with E-state index in [4.69, 9.17) is 4.42 Å². The van der Waals surface area contributed by atoms with Crippen molar-refractivity contribution in [1.82, 2.24) is 4.90 Å². The van der Waals surface area contributed by atoms with Crippen molar-refractivity contribution in [1.29, 1.82) is 0 Å². The van der Waals surface area contributed by atoms with Gasteiger partial charge in [0.05, 0.1) is 12.3 Å². The van der Waals surface area contributed by atoms with Gasteiger partial charge in [0, 0.05) is 24.0 Å². The minimum absolute atomic E-state index is 0.130. The number of furan rings is 1. The molecule has 3 aromatic carbocycles. The van der Waals surface area contributed by atoms with Crippen molar-refractivity contribution in [3.8, 4) is 0 Å². The van der Waals surface area contributed by atoms with E-state index in [2.05, 4.69) is 53.4 Å². The normalized spacial score (nSPS) is 16.5. The summed E-state index contributed by atoms with van der Waals surface area (Å²) >= 11 is 0. The molecule has 0 aliphatic carbocycles. The first-order valence-corrected chi connectivity index (χ1v) is 9.28. The number of β-amino-alcohol motifs (C(OH)–C–C–N with tert-alkyl or cyclic N) is 1. The summed E-state index contributed by atoms with van der Waals surface area (Å²) in [7, 11) is 0. The molecule has 0 amide bonds. The zero-order valence-corrected chi connectivity index (χ0v) is 15.0. The Bertz CT molecular complexity index is 1010. The van der Waals surface area contributed by atoms with E-state index >= 15 is 0 Å². The highest BCUT2D eigenvalue weighted by Crippen LogP contribution is 2.43. The van der Waals surface area contributed by atoms with Crippen LogP contribution in [0.4, 0.5) is 0 Å². The fraction of sp³-hybridized carbons (Fsp3) is 0.167. The predicted molar refractivity (Wildman–Crippen MR) is 106 cm³/mol. The van der Waals surface area contributed by atoms with Gasteiger partial charge in [0.15, 0.2) is 0 Å². The molecule has 0 unspecified atom stereocenters. The molecular formula is C24H21NO2. The van der Waals surface area contributed by atoms with E-state index in [1.807, 2.05) is 36.4 Å². The van der Waals surface area contributed by atoms with Crippen LogP contribution in [0, 0.1) is 0 Å². The lowest BCUT2D eigenvalue weighted by Gasteiger charge is -2.50. The Morgan fingerprint density at radius 3 is 1.96 bits per heavy atom. The first kappa shape index (κ1) is 16.3. The van der Waals surface area contributed by atoms with Crippen LogP contribution >= 0.6 is 0 Å². The van der Waals surface area contributed by atoms with Gasteiger partial charge in [-0.15, -0.1) is 0 Å². The highest BCUT2D eigenvalue weighted by Gasteiger charge is 2.47. The number of fused-ring (bicyclic) bond motifs is 1. The van der Waals surface area contributed by atoms with Crippen LogP contribution in [-0.2, 0) is 5.60 Å². The molecule has 1 fully saturated rings. The first-order chi connectivity index (χ1) is 13.2. The third-order valence-corrected chi connectivity index (χ3v) is 5.51. The molecule has 0 saturated carbocycles. The molecular weight excluding hydrogens is 334 g/mol. The van der Waals surface area contributed by atoms with Crippen molar-refractivity contribution in [2.45, 2.75) is 11.6 Å². The maximum Gasteiger partial charge on any atom is 0.134 e. The molecule has 3 heteroatoms. The molecule has 5 rings (SSSR count). The Hall–Kier alpha value is -2.88. The number of para-hydroxylation sites is 1. The molecule has 27 heavy (non-hydrogen) atoms. The van der Waals surface area contributed by atoms with Crippen LogP contribution in [0.2, 0.25) is 0 Å². The van der Waals surface area contributed by atoms with Crippen LogP contribution < -0.4 is 0 Å². The highest BCUT2D eigenvalue weighted by molar-refractivity contribution is 5.82. The van der Waals surface area contributed by atoms with Gasteiger partial charge in [-0.3, -0.25) is 4.90 Å². The van der Waals surface area contributed by atoms with Crippen LogP contribution in [0.25, 0.3) is 11.0 Å². The van der Waals surface area contributed by atoms with Crippen molar-refractivity contribution in [3.63, 3.8) is 0 Å². The molecule has 1 saturated heterocycles. The maximum absolute atomic E-state index is 11.3. The number of benzene rings is 3. The van der Waals surface area contributed by atoms with Crippen LogP contribution in [0.3, 0.4) is 0 Å². The van der Waals surface area contributed by atoms with Gasteiger partial charge < -0.3 is 9.52 Å². The first-order valence-electron chi connectivity index (χ1n) is 9.28. The largest absolute Gasteiger partial charge is 0.464 e. The summed E-state index contributed by atoms with van der Waals surface area (Å²) in [5, 5.41) is 12.3. The van der Waals surface area contributed by atoms with E-state index in [9.17, 15) is 5.11 Å². The van der Waals surface area contributed by atoms with Gasteiger partial charge >= 0.3 is 0 Å². The molecule has 3 nitrogen and oxygen atoms in total. The van der Waals surface area contributed by atoms with Gasteiger partial charge in [-0.05, 0) is 17.2 Å². The van der Waals surface area contributed by atoms with Crippen molar-refractivity contribution >= 4 is 11.0 Å². The van der Waals surface area contributed by atoms with E-state index in [0.717, 1.165) is 16.5 Å². The highest BCUT2D eigenvalue weighted by atomic mass is 16.3. The van der Waals surface area contributed by atoms with Gasteiger partial charge in [0.1, 0.15) is 11.2 Å². The van der Waals surface area contributed by atoms with Crippen LogP contribution in [-0.4, -0.2) is 23.1 Å². The predicted octanol–water partition coefficient (Wildman–Crippen LogP) is 4.73. The van der Waals surface area contributed by atoms with Crippen LogP contribution in [0.15, 0.2) is 95.6 Å². The lowest BCUT2D eigenvalue weighted by molar-refractivity contribution is -0.116. The number of nitrogens with zero attached hydrogens (tertiary/aromatic N) is 1. The molecule has 134 valence electrons. The minimum Gasteiger partial charge on any atom is -0.464 e. The van der Waals surface area contributed by atoms with Crippen LogP contribution in [0.5, 0.6) is 0 Å². The average molecular weight is 355 g/mol. The monoisotopic (exact) mass is 355 g/mol. The molecule has 0 radical (unpaired) electrons. The third-order valence-electron chi connectivity index (χ3n) is 5.51. The van der Waals surface area contributed by atoms with Gasteiger partial charge in [-0.1, -0.05) is 78.9 Å². The Morgan fingerprint density at radius 2 is 1.33 bits per heavy atom. The summed E-state index contributed by atoms with van der Waals surface area (Å²) in [6, 6.07) is 29.0. The summed E-state index contributed by atoms with van der Waals surface area (Å²) in [4.78, 5) is 2.33. The average Bonchev–Trinajstić information content (AvgIpc) is 3.13. The Labute approximate surface area is 158 Å². The fourth-order valence-corrected chi connectivity index (χ4v) is 4.20. The summed E-state index contributed by atoms with van der Waals surface area (Å²) < 4.78 is 5.66. The zero-order valence-electron chi connectivity index (χ0n) is 15.0. The Balaban J connectivity index is 1.48. The van der Waals surface area contributed by atoms with E-state index < -0.39 is 5.60 Å². The molecule has 0 bridgehead atoms. The summed E-state index contributed by atoms with van der Waals surface area (Å²) in [6.45, 7) is 1.15. The summed E-state index contributed by atoms with van der Waals surface area (Å²) in [5.41, 5.74) is 3.30. The molecule has 1 aromatic heterocycles. The second-order valence-electron chi connectivity index (χ2n) is 7.31. The molecule has 4 aromatic rings. The Morgan fingerprint density at radius 1 is 0.778 bits per heavy atom. The van der Waals surface area contributed by atoms with Crippen LogP contribution in [0.1, 0.15) is 22.7 Å².